The Bertz CT molecular complexity index is 963. The molecule has 0 saturated carbocycles. The van der Waals surface area contributed by atoms with Gasteiger partial charge in [0.05, 0.1) is 26.3 Å². The normalized spacial score (nSPS) is 13.2. The van der Waals surface area contributed by atoms with E-state index in [1.807, 2.05) is 0 Å². The predicted octanol–water partition coefficient (Wildman–Crippen LogP) is 5.64. The third-order valence-electron chi connectivity index (χ3n) is 4.39. The molecule has 0 amide bonds. The van der Waals surface area contributed by atoms with Gasteiger partial charge in [0.25, 0.3) is 0 Å². The molecule has 1 atom stereocenters. The number of H-pyrrole nitrogens is 1. The van der Waals surface area contributed by atoms with Crippen LogP contribution < -0.4 is 0 Å². The molecule has 2 heterocycles. The zero-order chi connectivity index (χ0) is 16.7. The number of thiazole rings is 1. The van der Waals surface area contributed by atoms with Gasteiger partial charge in [0, 0.05) is 11.8 Å². The van der Waals surface area contributed by atoms with Crippen LogP contribution in [0.3, 0.4) is 0 Å². The van der Waals surface area contributed by atoms with Crippen molar-refractivity contribution < 1.29 is 0 Å². The Morgan fingerprint density at radius 1 is 1.00 bits per heavy atom. The Balaban J connectivity index is 1.60. The van der Waals surface area contributed by atoms with Gasteiger partial charge in [0.1, 0.15) is 5.82 Å². The number of nitrogens with one attached hydrogen (secondary N) is 1. The maximum absolute atomic E-state index is 4.80. The molecule has 0 aliphatic heterocycles. The van der Waals surface area contributed by atoms with Gasteiger partial charge in [-0.25, -0.2) is 9.97 Å². The summed E-state index contributed by atoms with van der Waals surface area (Å²) in [6.45, 7) is 6.58. The van der Waals surface area contributed by atoms with Crippen molar-refractivity contribution in [3.63, 3.8) is 0 Å². The fourth-order valence-electron chi connectivity index (χ4n) is 3.02. The predicted molar refractivity (Wildman–Crippen MR) is 102 cm³/mol. The summed E-state index contributed by atoms with van der Waals surface area (Å²) in [7, 11) is 0. The summed E-state index contributed by atoms with van der Waals surface area (Å²) in [4.78, 5) is 12.9. The molecule has 24 heavy (non-hydrogen) atoms. The molecule has 0 spiro atoms. The van der Waals surface area contributed by atoms with E-state index in [4.69, 9.17) is 4.98 Å². The van der Waals surface area contributed by atoms with Gasteiger partial charge in [0.15, 0.2) is 0 Å². The number of para-hydroxylation sites is 1. The van der Waals surface area contributed by atoms with Crippen LogP contribution in [-0.4, -0.2) is 15.0 Å². The number of benzene rings is 2. The number of aromatic nitrogens is 3. The molecule has 4 aromatic rings. The van der Waals surface area contributed by atoms with Gasteiger partial charge >= 0.3 is 0 Å². The second-order valence-corrected chi connectivity index (χ2v) is 7.82. The minimum atomic E-state index is 0.410. The summed E-state index contributed by atoms with van der Waals surface area (Å²) in [5, 5.41) is 1.21. The van der Waals surface area contributed by atoms with Crippen LogP contribution in [-0.2, 0) is 6.42 Å². The summed E-state index contributed by atoms with van der Waals surface area (Å²) in [6, 6.07) is 14.9. The third kappa shape index (κ3) is 2.82. The van der Waals surface area contributed by atoms with Gasteiger partial charge < -0.3 is 4.98 Å². The van der Waals surface area contributed by atoms with E-state index in [1.165, 1.54) is 15.3 Å². The van der Waals surface area contributed by atoms with Crippen molar-refractivity contribution in [2.45, 2.75) is 39.0 Å². The second kappa shape index (κ2) is 6.02. The van der Waals surface area contributed by atoms with E-state index in [0.717, 1.165) is 28.8 Å². The van der Waals surface area contributed by atoms with Crippen LogP contribution in [0.4, 0.5) is 0 Å². The molecule has 0 bridgehead atoms. The van der Waals surface area contributed by atoms with Crippen LogP contribution in [0.5, 0.6) is 0 Å². The maximum atomic E-state index is 4.80. The lowest BCUT2D eigenvalue weighted by Crippen LogP contribution is -1.97. The Morgan fingerprint density at radius 2 is 1.83 bits per heavy atom. The van der Waals surface area contributed by atoms with Crippen molar-refractivity contribution in [3.8, 4) is 0 Å². The Labute approximate surface area is 145 Å². The molecule has 1 unspecified atom stereocenters. The summed E-state index contributed by atoms with van der Waals surface area (Å²) < 4.78 is 1.27. The smallest absolute Gasteiger partial charge is 0.109 e. The van der Waals surface area contributed by atoms with E-state index >= 15 is 0 Å². The van der Waals surface area contributed by atoms with Crippen molar-refractivity contribution in [2.24, 2.45) is 0 Å². The van der Waals surface area contributed by atoms with Crippen LogP contribution in [0.1, 0.15) is 49.0 Å². The first-order chi connectivity index (χ1) is 11.6. The van der Waals surface area contributed by atoms with Gasteiger partial charge in [-0.15, -0.1) is 11.3 Å². The van der Waals surface area contributed by atoms with E-state index in [1.54, 1.807) is 11.3 Å². The standard InChI is InChI=1S/C20H21N3S/c1-12(2)19-21-15-9-8-14(11-17(15)22-19)10-13(3)20-23-16-6-4-5-7-18(16)24-20/h4-9,11-13H,10H2,1-3H3,(H,21,22). The summed E-state index contributed by atoms with van der Waals surface area (Å²) in [6.07, 6.45) is 0.992. The average Bonchev–Trinajstić information content (AvgIpc) is 3.18. The molecule has 2 aromatic heterocycles. The van der Waals surface area contributed by atoms with E-state index in [-0.39, 0.29) is 0 Å². The Kier molecular flexibility index (Phi) is 3.85. The van der Waals surface area contributed by atoms with Gasteiger partial charge in [-0.2, -0.15) is 0 Å². The fourth-order valence-corrected chi connectivity index (χ4v) is 4.04. The Morgan fingerprint density at radius 3 is 2.62 bits per heavy atom. The number of aromatic amines is 1. The highest BCUT2D eigenvalue weighted by Crippen LogP contribution is 2.30. The molecule has 3 nitrogen and oxygen atoms in total. The van der Waals surface area contributed by atoms with Gasteiger partial charge in [-0.1, -0.05) is 39.0 Å². The van der Waals surface area contributed by atoms with E-state index in [2.05, 4.69) is 73.2 Å². The van der Waals surface area contributed by atoms with Crippen molar-refractivity contribution in [3.05, 3.63) is 58.9 Å². The maximum Gasteiger partial charge on any atom is 0.109 e. The first-order valence-corrected chi connectivity index (χ1v) is 9.26. The molecule has 0 aliphatic rings. The number of rotatable bonds is 4. The molecule has 0 fully saturated rings. The van der Waals surface area contributed by atoms with Crippen LogP contribution in [0.25, 0.3) is 21.3 Å². The first kappa shape index (κ1) is 15.3. The number of fused-ring (bicyclic) bond motifs is 2. The summed E-state index contributed by atoms with van der Waals surface area (Å²) >= 11 is 1.81. The van der Waals surface area contributed by atoms with Crippen LogP contribution >= 0.6 is 11.3 Å². The molecule has 4 heteroatoms. The molecular formula is C20H21N3S. The highest BCUT2D eigenvalue weighted by Gasteiger charge is 2.13. The number of nitrogens with zero attached hydrogens (tertiary/aromatic N) is 2. The van der Waals surface area contributed by atoms with Crippen LogP contribution in [0.2, 0.25) is 0 Å². The van der Waals surface area contributed by atoms with Crippen molar-refractivity contribution in [1.29, 1.82) is 0 Å². The second-order valence-electron chi connectivity index (χ2n) is 6.75. The SMILES string of the molecule is CC(C)c1nc2ccc(CC(C)c3nc4ccccc4s3)cc2[nH]1. The lowest BCUT2D eigenvalue weighted by Gasteiger charge is -2.08. The molecule has 0 aliphatic carbocycles. The lowest BCUT2D eigenvalue weighted by molar-refractivity contribution is 0.754. The zero-order valence-electron chi connectivity index (χ0n) is 14.2. The number of hydrogen-bond acceptors (Lipinski definition) is 3. The monoisotopic (exact) mass is 335 g/mol. The van der Waals surface area contributed by atoms with E-state index in [0.29, 0.717) is 11.8 Å². The van der Waals surface area contributed by atoms with E-state index < -0.39 is 0 Å². The highest BCUT2D eigenvalue weighted by atomic mass is 32.1. The zero-order valence-corrected chi connectivity index (χ0v) is 15.0. The molecule has 0 radical (unpaired) electrons. The van der Waals surface area contributed by atoms with Crippen LogP contribution in [0.15, 0.2) is 42.5 Å². The molecule has 1 N–H and O–H groups in total. The molecular weight excluding hydrogens is 314 g/mol. The largest absolute Gasteiger partial charge is 0.342 e. The number of imidazole rings is 1. The molecule has 122 valence electrons. The lowest BCUT2D eigenvalue weighted by atomic mass is 10.0. The van der Waals surface area contributed by atoms with Crippen LogP contribution in [0, 0.1) is 0 Å². The first-order valence-electron chi connectivity index (χ1n) is 8.44. The summed E-state index contributed by atoms with van der Waals surface area (Å²) in [5.74, 6) is 1.89. The van der Waals surface area contributed by atoms with E-state index in [9.17, 15) is 0 Å². The van der Waals surface area contributed by atoms with Crippen molar-refractivity contribution in [1.82, 2.24) is 15.0 Å². The van der Waals surface area contributed by atoms with Gasteiger partial charge in [-0.3, -0.25) is 0 Å². The fraction of sp³-hybridized carbons (Fsp3) is 0.300. The molecule has 2 aromatic carbocycles. The highest BCUT2D eigenvalue weighted by molar-refractivity contribution is 7.18. The molecule has 0 saturated heterocycles. The topological polar surface area (TPSA) is 41.6 Å². The van der Waals surface area contributed by atoms with Crippen molar-refractivity contribution in [2.75, 3.05) is 0 Å². The van der Waals surface area contributed by atoms with Gasteiger partial charge in [0.2, 0.25) is 0 Å². The van der Waals surface area contributed by atoms with Crippen molar-refractivity contribution >= 4 is 32.6 Å². The molecule has 4 rings (SSSR count). The Hall–Kier alpha value is -2.20. The average molecular weight is 335 g/mol. The van der Waals surface area contributed by atoms with Gasteiger partial charge in [-0.05, 0) is 36.2 Å². The minimum absolute atomic E-state index is 0.410. The third-order valence-corrected chi connectivity index (χ3v) is 5.65. The number of hydrogen-bond donors (Lipinski definition) is 1. The summed E-state index contributed by atoms with van der Waals surface area (Å²) in [5.41, 5.74) is 4.62. The quantitative estimate of drug-likeness (QED) is 0.524. The minimum Gasteiger partial charge on any atom is -0.342 e.